The second-order valence-electron chi connectivity index (χ2n) is 4.30. The monoisotopic (exact) mass is 272 g/mol. The number of aromatic nitrogens is 1. The molecule has 0 fully saturated rings. The minimum Gasteiger partial charge on any atom is -0.461 e. The molecule has 20 heavy (non-hydrogen) atoms. The van der Waals surface area contributed by atoms with Gasteiger partial charge in [-0.05, 0) is 36.8 Å². The minimum absolute atomic E-state index is 0.341. The van der Waals surface area contributed by atoms with Crippen LogP contribution in [0.2, 0.25) is 0 Å². The van der Waals surface area contributed by atoms with Gasteiger partial charge in [0.1, 0.15) is 5.69 Å². The summed E-state index contributed by atoms with van der Waals surface area (Å²) in [5, 5.41) is 0. The van der Waals surface area contributed by atoms with Gasteiger partial charge in [-0.1, -0.05) is 12.1 Å². The van der Waals surface area contributed by atoms with Gasteiger partial charge in [-0.15, -0.1) is 0 Å². The number of carbonyl (C=O) groups excluding carboxylic acids is 2. The van der Waals surface area contributed by atoms with Gasteiger partial charge < -0.3 is 15.0 Å². The first-order valence-corrected chi connectivity index (χ1v) is 6.33. The van der Waals surface area contributed by atoms with Crippen LogP contribution in [0.3, 0.4) is 0 Å². The molecule has 5 nitrogen and oxygen atoms in total. The van der Waals surface area contributed by atoms with E-state index >= 15 is 0 Å². The number of rotatable bonds is 5. The molecule has 0 radical (unpaired) electrons. The van der Waals surface area contributed by atoms with Crippen molar-refractivity contribution in [3.8, 4) is 0 Å². The molecular formula is C15H16N2O3. The third-order valence-corrected chi connectivity index (χ3v) is 2.91. The van der Waals surface area contributed by atoms with Gasteiger partial charge in [0.25, 0.3) is 0 Å². The second-order valence-corrected chi connectivity index (χ2v) is 4.30. The van der Waals surface area contributed by atoms with Gasteiger partial charge >= 0.3 is 5.97 Å². The Morgan fingerprint density at radius 3 is 2.50 bits per heavy atom. The number of nitrogens with zero attached hydrogens (tertiary/aromatic N) is 1. The molecule has 0 aliphatic heterocycles. The molecule has 0 aliphatic rings. The summed E-state index contributed by atoms with van der Waals surface area (Å²) in [6.07, 6.45) is 1.81. The number of primary amides is 1. The Kier molecular flexibility index (Phi) is 4.20. The maximum Gasteiger partial charge on any atom is 0.354 e. The SMILES string of the molecule is CCOC(=O)c1cccn1Cc1ccc(C(N)=O)cc1. The molecule has 1 aromatic heterocycles. The Hall–Kier alpha value is -2.56. The molecule has 0 unspecified atom stereocenters. The molecule has 0 saturated carbocycles. The van der Waals surface area contributed by atoms with Gasteiger partial charge in [-0.2, -0.15) is 0 Å². The van der Waals surface area contributed by atoms with Crippen LogP contribution in [0.4, 0.5) is 0 Å². The highest BCUT2D eigenvalue weighted by Gasteiger charge is 2.11. The van der Waals surface area contributed by atoms with Crippen LogP contribution < -0.4 is 5.73 Å². The number of hydrogen-bond acceptors (Lipinski definition) is 3. The lowest BCUT2D eigenvalue weighted by Crippen LogP contribution is -2.13. The van der Waals surface area contributed by atoms with Crippen LogP contribution in [-0.4, -0.2) is 23.1 Å². The average Bonchev–Trinajstić information content (AvgIpc) is 2.88. The van der Waals surface area contributed by atoms with Gasteiger partial charge in [0.05, 0.1) is 6.61 Å². The van der Waals surface area contributed by atoms with Crippen LogP contribution in [0.1, 0.15) is 33.3 Å². The number of hydrogen-bond donors (Lipinski definition) is 1. The Balaban J connectivity index is 2.16. The maximum absolute atomic E-state index is 11.8. The highest BCUT2D eigenvalue weighted by molar-refractivity contribution is 5.92. The first-order valence-electron chi connectivity index (χ1n) is 6.33. The highest BCUT2D eigenvalue weighted by Crippen LogP contribution is 2.10. The van der Waals surface area contributed by atoms with Crippen molar-refractivity contribution in [1.29, 1.82) is 0 Å². The fraction of sp³-hybridized carbons (Fsp3) is 0.200. The fourth-order valence-electron chi connectivity index (χ4n) is 1.91. The van der Waals surface area contributed by atoms with Gasteiger partial charge in [-0.3, -0.25) is 4.79 Å². The first-order chi connectivity index (χ1) is 9.61. The van der Waals surface area contributed by atoms with Gasteiger partial charge in [0, 0.05) is 18.3 Å². The summed E-state index contributed by atoms with van der Waals surface area (Å²) >= 11 is 0. The lowest BCUT2D eigenvalue weighted by molar-refractivity contribution is 0.0514. The van der Waals surface area contributed by atoms with Crippen LogP contribution in [0.5, 0.6) is 0 Å². The number of amides is 1. The van der Waals surface area contributed by atoms with Crippen LogP contribution >= 0.6 is 0 Å². The summed E-state index contributed by atoms with van der Waals surface area (Å²) in [5.41, 5.74) is 7.13. The Bertz CT molecular complexity index is 614. The van der Waals surface area contributed by atoms with Crippen LogP contribution in [0.15, 0.2) is 42.6 Å². The molecule has 0 spiro atoms. The molecule has 1 aromatic carbocycles. The van der Waals surface area contributed by atoms with E-state index in [9.17, 15) is 9.59 Å². The third-order valence-electron chi connectivity index (χ3n) is 2.91. The molecule has 0 bridgehead atoms. The van der Waals surface area contributed by atoms with Crippen molar-refractivity contribution in [2.75, 3.05) is 6.61 Å². The van der Waals surface area contributed by atoms with E-state index in [1.807, 2.05) is 18.3 Å². The molecule has 1 heterocycles. The standard InChI is InChI=1S/C15H16N2O3/c1-2-20-15(19)13-4-3-9-17(13)10-11-5-7-12(8-6-11)14(16)18/h3-9H,2,10H2,1H3,(H2,16,18). The Morgan fingerprint density at radius 1 is 1.20 bits per heavy atom. The number of carbonyl (C=O) groups is 2. The summed E-state index contributed by atoms with van der Waals surface area (Å²) in [7, 11) is 0. The predicted molar refractivity (Wildman–Crippen MR) is 74.5 cm³/mol. The minimum atomic E-state index is -0.454. The van der Waals surface area contributed by atoms with Crippen molar-refractivity contribution in [2.45, 2.75) is 13.5 Å². The number of benzene rings is 1. The number of esters is 1. The summed E-state index contributed by atoms with van der Waals surface area (Å²) in [6.45, 7) is 2.64. The third kappa shape index (κ3) is 3.06. The van der Waals surface area contributed by atoms with E-state index in [-0.39, 0.29) is 5.97 Å². The summed E-state index contributed by atoms with van der Waals surface area (Å²) in [4.78, 5) is 22.8. The molecule has 2 rings (SSSR count). The predicted octanol–water partition coefficient (Wildman–Crippen LogP) is 1.81. The summed E-state index contributed by atoms with van der Waals surface area (Å²) in [5.74, 6) is -0.795. The van der Waals surface area contributed by atoms with E-state index in [1.165, 1.54) is 0 Å². The molecule has 2 aromatic rings. The van der Waals surface area contributed by atoms with Gasteiger partial charge in [-0.25, -0.2) is 4.79 Å². The number of ether oxygens (including phenoxy) is 1. The lowest BCUT2D eigenvalue weighted by Gasteiger charge is -2.09. The maximum atomic E-state index is 11.8. The molecule has 1 amide bonds. The molecule has 0 saturated heterocycles. The van der Waals surface area contributed by atoms with Crippen molar-refractivity contribution in [3.05, 3.63) is 59.4 Å². The van der Waals surface area contributed by atoms with Crippen LogP contribution in [0, 0.1) is 0 Å². The average molecular weight is 272 g/mol. The van der Waals surface area contributed by atoms with E-state index in [4.69, 9.17) is 10.5 Å². The van der Waals surface area contributed by atoms with Gasteiger partial charge in [0.2, 0.25) is 5.91 Å². The van der Waals surface area contributed by atoms with Crippen molar-refractivity contribution >= 4 is 11.9 Å². The zero-order valence-electron chi connectivity index (χ0n) is 11.2. The molecule has 104 valence electrons. The Labute approximate surface area is 117 Å². The normalized spacial score (nSPS) is 10.2. The van der Waals surface area contributed by atoms with Crippen molar-refractivity contribution < 1.29 is 14.3 Å². The lowest BCUT2D eigenvalue weighted by atomic mass is 10.1. The first kappa shape index (κ1) is 13.9. The van der Waals surface area contributed by atoms with Crippen LogP contribution in [0.25, 0.3) is 0 Å². The van der Waals surface area contributed by atoms with Crippen molar-refractivity contribution in [1.82, 2.24) is 4.57 Å². The quantitative estimate of drug-likeness (QED) is 0.843. The zero-order valence-corrected chi connectivity index (χ0v) is 11.2. The Morgan fingerprint density at radius 2 is 1.90 bits per heavy atom. The van der Waals surface area contributed by atoms with E-state index in [1.54, 1.807) is 35.8 Å². The van der Waals surface area contributed by atoms with E-state index in [0.29, 0.717) is 24.4 Å². The van der Waals surface area contributed by atoms with E-state index in [2.05, 4.69) is 0 Å². The number of nitrogens with two attached hydrogens (primary N) is 1. The second kappa shape index (κ2) is 6.06. The van der Waals surface area contributed by atoms with E-state index in [0.717, 1.165) is 5.56 Å². The van der Waals surface area contributed by atoms with Gasteiger partial charge in [0.15, 0.2) is 0 Å². The van der Waals surface area contributed by atoms with Crippen LogP contribution in [-0.2, 0) is 11.3 Å². The fourth-order valence-corrected chi connectivity index (χ4v) is 1.91. The summed E-state index contributed by atoms with van der Waals surface area (Å²) in [6, 6.07) is 10.5. The molecule has 0 aliphatic carbocycles. The smallest absolute Gasteiger partial charge is 0.354 e. The van der Waals surface area contributed by atoms with E-state index < -0.39 is 5.91 Å². The molecular weight excluding hydrogens is 256 g/mol. The van der Waals surface area contributed by atoms with Crippen molar-refractivity contribution in [3.63, 3.8) is 0 Å². The largest absolute Gasteiger partial charge is 0.461 e. The molecule has 2 N–H and O–H groups in total. The highest BCUT2D eigenvalue weighted by atomic mass is 16.5. The molecule has 5 heteroatoms. The zero-order chi connectivity index (χ0) is 14.5. The molecule has 0 atom stereocenters. The summed E-state index contributed by atoms with van der Waals surface area (Å²) < 4.78 is 6.80. The topological polar surface area (TPSA) is 74.3 Å². The van der Waals surface area contributed by atoms with Crippen molar-refractivity contribution in [2.24, 2.45) is 5.73 Å².